The molecule has 0 aromatic carbocycles. The van der Waals surface area contributed by atoms with E-state index in [0.717, 1.165) is 12.8 Å². The number of rotatable bonds is 2. The number of nitrogens with two attached hydrogens (primary N) is 1. The molecule has 0 aromatic rings. The molecule has 0 aromatic heterocycles. The average Bonchev–Trinajstić information content (AvgIpc) is 2.58. The van der Waals surface area contributed by atoms with Gasteiger partial charge in [0.15, 0.2) is 0 Å². The van der Waals surface area contributed by atoms with Gasteiger partial charge in [-0.1, -0.05) is 0 Å². The lowest BCUT2D eigenvalue weighted by molar-refractivity contribution is -0.132. The number of amides is 1. The molecule has 2 heterocycles. The van der Waals surface area contributed by atoms with Gasteiger partial charge in [-0.15, -0.1) is 12.4 Å². The highest BCUT2D eigenvalue weighted by Crippen LogP contribution is 2.14. The van der Waals surface area contributed by atoms with Crippen LogP contribution in [0.2, 0.25) is 0 Å². The van der Waals surface area contributed by atoms with Crippen LogP contribution in [0.25, 0.3) is 0 Å². The lowest BCUT2D eigenvalue weighted by Crippen LogP contribution is -2.49. The van der Waals surface area contributed by atoms with Crippen molar-refractivity contribution < 1.29 is 13.2 Å². The maximum atomic E-state index is 12.0. The molecule has 2 aliphatic heterocycles. The van der Waals surface area contributed by atoms with Gasteiger partial charge in [0.25, 0.3) is 0 Å². The van der Waals surface area contributed by atoms with Crippen LogP contribution in [0.4, 0.5) is 0 Å². The summed E-state index contributed by atoms with van der Waals surface area (Å²) in [6, 6.07) is 0.0304. The number of carbonyl (C=O) groups excluding carboxylic acids is 1. The Morgan fingerprint density at radius 3 is 2.56 bits per heavy atom. The number of hydrogen-bond acceptors (Lipinski definition) is 4. The predicted octanol–water partition coefficient (Wildman–Crippen LogP) is -0.607. The summed E-state index contributed by atoms with van der Waals surface area (Å²) in [6.45, 7) is 1.69. The fourth-order valence-electron chi connectivity index (χ4n) is 2.36. The highest BCUT2D eigenvalue weighted by molar-refractivity contribution is 7.89. The molecule has 1 amide bonds. The van der Waals surface area contributed by atoms with E-state index in [2.05, 4.69) is 0 Å². The second kappa shape index (κ2) is 6.18. The van der Waals surface area contributed by atoms with Gasteiger partial charge < -0.3 is 10.6 Å². The van der Waals surface area contributed by atoms with Crippen LogP contribution in [0.5, 0.6) is 0 Å². The molecule has 1 atom stereocenters. The number of nitrogens with zero attached hydrogens (tertiary/aromatic N) is 2. The van der Waals surface area contributed by atoms with Gasteiger partial charge in [0.1, 0.15) is 0 Å². The third-order valence-electron chi connectivity index (χ3n) is 3.33. The van der Waals surface area contributed by atoms with E-state index in [4.69, 9.17) is 5.73 Å². The average molecular weight is 298 g/mol. The Hall–Kier alpha value is -0.370. The van der Waals surface area contributed by atoms with Crippen LogP contribution in [-0.4, -0.2) is 61.5 Å². The monoisotopic (exact) mass is 297 g/mol. The Kier molecular flexibility index (Phi) is 5.39. The molecule has 8 heteroatoms. The number of halogens is 1. The number of carbonyl (C=O) groups is 1. The molecule has 0 aliphatic carbocycles. The summed E-state index contributed by atoms with van der Waals surface area (Å²) in [6.07, 6.45) is 2.46. The molecule has 2 fully saturated rings. The van der Waals surface area contributed by atoms with Crippen molar-refractivity contribution in [3.8, 4) is 0 Å². The van der Waals surface area contributed by atoms with E-state index in [-0.39, 0.29) is 36.7 Å². The maximum Gasteiger partial charge on any atom is 0.237 e. The first-order valence-corrected chi connectivity index (χ1v) is 7.61. The zero-order chi connectivity index (χ0) is 12.5. The summed E-state index contributed by atoms with van der Waals surface area (Å²) in [5, 5.41) is 0. The van der Waals surface area contributed by atoms with Crippen LogP contribution in [0, 0.1) is 0 Å². The SMILES string of the molecule is Cl.NC1CCCN(C(=O)CN2CCCS2(=O)=O)C1. The number of piperidine rings is 1. The van der Waals surface area contributed by atoms with Crippen molar-refractivity contribution in [2.75, 3.05) is 31.9 Å². The molecular weight excluding hydrogens is 278 g/mol. The molecule has 2 rings (SSSR count). The van der Waals surface area contributed by atoms with Crippen LogP contribution < -0.4 is 5.73 Å². The number of sulfonamides is 1. The second-order valence-electron chi connectivity index (χ2n) is 4.75. The quantitative estimate of drug-likeness (QED) is 0.737. The molecule has 2 aliphatic rings. The first-order valence-electron chi connectivity index (χ1n) is 6.00. The molecule has 2 N–H and O–H groups in total. The van der Waals surface area contributed by atoms with Crippen LogP contribution in [0.3, 0.4) is 0 Å². The molecule has 0 bridgehead atoms. The van der Waals surface area contributed by atoms with Crippen molar-refractivity contribution in [3.05, 3.63) is 0 Å². The second-order valence-corrected chi connectivity index (χ2v) is 6.83. The van der Waals surface area contributed by atoms with Gasteiger partial charge in [-0.3, -0.25) is 4.79 Å². The topological polar surface area (TPSA) is 83.7 Å². The summed E-state index contributed by atoms with van der Waals surface area (Å²) in [5.41, 5.74) is 5.80. The molecule has 0 radical (unpaired) electrons. The highest BCUT2D eigenvalue weighted by atomic mass is 35.5. The van der Waals surface area contributed by atoms with E-state index in [1.54, 1.807) is 4.90 Å². The Morgan fingerprint density at radius 1 is 1.28 bits per heavy atom. The minimum absolute atomic E-state index is 0. The fraction of sp³-hybridized carbons (Fsp3) is 0.900. The van der Waals surface area contributed by atoms with Crippen LogP contribution >= 0.6 is 12.4 Å². The Morgan fingerprint density at radius 2 is 2.00 bits per heavy atom. The van der Waals surface area contributed by atoms with E-state index in [1.807, 2.05) is 0 Å². The molecule has 0 spiro atoms. The van der Waals surface area contributed by atoms with Crippen molar-refractivity contribution in [3.63, 3.8) is 0 Å². The van der Waals surface area contributed by atoms with Gasteiger partial charge in [-0.2, -0.15) is 4.31 Å². The van der Waals surface area contributed by atoms with Crippen molar-refractivity contribution in [2.45, 2.75) is 25.3 Å². The van der Waals surface area contributed by atoms with Gasteiger partial charge in [0.2, 0.25) is 15.9 Å². The van der Waals surface area contributed by atoms with Crippen LogP contribution in [0.1, 0.15) is 19.3 Å². The maximum absolute atomic E-state index is 12.0. The first kappa shape index (κ1) is 15.7. The fourth-order valence-corrected chi connectivity index (χ4v) is 3.82. The third-order valence-corrected chi connectivity index (χ3v) is 5.23. The first-order chi connectivity index (χ1) is 7.99. The minimum Gasteiger partial charge on any atom is -0.340 e. The smallest absolute Gasteiger partial charge is 0.237 e. The summed E-state index contributed by atoms with van der Waals surface area (Å²) in [4.78, 5) is 13.6. The summed E-state index contributed by atoms with van der Waals surface area (Å²) >= 11 is 0. The predicted molar refractivity (Wildman–Crippen MR) is 71.0 cm³/mol. The molecular formula is C10H20ClN3O3S. The molecule has 18 heavy (non-hydrogen) atoms. The van der Waals surface area contributed by atoms with Crippen LogP contribution in [0.15, 0.2) is 0 Å². The van der Waals surface area contributed by atoms with Crippen LogP contribution in [-0.2, 0) is 14.8 Å². The summed E-state index contributed by atoms with van der Waals surface area (Å²) in [7, 11) is -3.18. The molecule has 2 saturated heterocycles. The minimum atomic E-state index is -3.18. The van der Waals surface area contributed by atoms with Crippen molar-refractivity contribution >= 4 is 28.3 Å². The lowest BCUT2D eigenvalue weighted by atomic mass is 10.1. The molecule has 106 valence electrons. The van der Waals surface area contributed by atoms with E-state index >= 15 is 0 Å². The standard InChI is InChI=1S/C10H19N3O3S.ClH/c11-9-3-1-4-12(7-9)10(14)8-13-5-2-6-17(13,15)16;/h9H,1-8,11H2;1H. The normalized spacial score (nSPS) is 27.8. The Bertz CT molecular complexity index is 401. The van der Waals surface area contributed by atoms with Crippen molar-refractivity contribution in [1.29, 1.82) is 0 Å². The van der Waals surface area contributed by atoms with E-state index in [9.17, 15) is 13.2 Å². The molecule has 1 unspecified atom stereocenters. The van der Waals surface area contributed by atoms with E-state index in [0.29, 0.717) is 26.1 Å². The number of hydrogen-bond donors (Lipinski definition) is 1. The highest BCUT2D eigenvalue weighted by Gasteiger charge is 2.32. The zero-order valence-corrected chi connectivity index (χ0v) is 11.9. The Balaban J connectivity index is 0.00000162. The van der Waals surface area contributed by atoms with Gasteiger partial charge in [-0.25, -0.2) is 8.42 Å². The summed E-state index contributed by atoms with van der Waals surface area (Å²) in [5.74, 6) is 0.0467. The molecule has 0 saturated carbocycles. The van der Waals surface area contributed by atoms with Gasteiger partial charge in [-0.05, 0) is 19.3 Å². The molecule has 6 nitrogen and oxygen atoms in total. The largest absolute Gasteiger partial charge is 0.340 e. The third kappa shape index (κ3) is 3.57. The zero-order valence-electron chi connectivity index (χ0n) is 10.2. The lowest BCUT2D eigenvalue weighted by Gasteiger charge is -2.31. The summed E-state index contributed by atoms with van der Waals surface area (Å²) < 4.78 is 24.4. The van der Waals surface area contributed by atoms with Gasteiger partial charge in [0, 0.05) is 25.7 Å². The van der Waals surface area contributed by atoms with E-state index < -0.39 is 10.0 Å². The van der Waals surface area contributed by atoms with Gasteiger partial charge in [0.05, 0.1) is 12.3 Å². The van der Waals surface area contributed by atoms with Crippen molar-refractivity contribution in [2.24, 2.45) is 5.73 Å². The van der Waals surface area contributed by atoms with E-state index in [1.165, 1.54) is 4.31 Å². The van der Waals surface area contributed by atoms with Crippen molar-refractivity contribution in [1.82, 2.24) is 9.21 Å². The van der Waals surface area contributed by atoms with Gasteiger partial charge >= 0.3 is 0 Å². The Labute approximate surface area is 114 Å². The number of likely N-dealkylation sites (tertiary alicyclic amines) is 1.